The zero-order valence-corrected chi connectivity index (χ0v) is 13.8. The molecule has 0 saturated heterocycles. The number of aromatic amines is 2. The van der Waals surface area contributed by atoms with Gasteiger partial charge in [0.25, 0.3) is 0 Å². The van der Waals surface area contributed by atoms with Crippen molar-refractivity contribution in [3.8, 4) is 11.1 Å². The Morgan fingerprint density at radius 2 is 1.96 bits per heavy atom. The van der Waals surface area contributed by atoms with Gasteiger partial charge in [-0.05, 0) is 42.0 Å². The Labute approximate surface area is 147 Å². The molecule has 0 amide bonds. The largest absolute Gasteiger partial charge is 0.472 e. The number of fused-ring (bicyclic) bond motifs is 2. The number of anilines is 2. The van der Waals surface area contributed by atoms with Crippen molar-refractivity contribution in [3.63, 3.8) is 0 Å². The maximum Gasteiger partial charge on any atom is 0.205 e. The molecule has 0 bridgehead atoms. The van der Waals surface area contributed by atoms with Crippen LogP contribution in [0.3, 0.4) is 0 Å². The van der Waals surface area contributed by atoms with Crippen molar-refractivity contribution < 1.29 is 4.42 Å². The molecule has 0 aliphatic rings. The highest BCUT2D eigenvalue weighted by Crippen LogP contribution is 2.29. The van der Waals surface area contributed by atoms with Gasteiger partial charge in [0.05, 0.1) is 28.6 Å². The Hall–Kier alpha value is -3.18. The third-order valence-electron chi connectivity index (χ3n) is 4.22. The number of benzene rings is 2. The Bertz CT molecular complexity index is 1190. The highest BCUT2D eigenvalue weighted by molar-refractivity contribution is 6.35. The van der Waals surface area contributed by atoms with Crippen molar-refractivity contribution in [1.29, 1.82) is 0 Å². The maximum absolute atomic E-state index is 6.33. The van der Waals surface area contributed by atoms with Crippen molar-refractivity contribution >= 4 is 45.2 Å². The molecule has 0 spiro atoms. The van der Waals surface area contributed by atoms with Gasteiger partial charge in [-0.1, -0.05) is 17.7 Å². The Kier molecular flexibility index (Phi) is 3.08. The molecule has 0 aliphatic carbocycles. The van der Waals surface area contributed by atoms with E-state index in [2.05, 4.69) is 26.3 Å². The van der Waals surface area contributed by atoms with E-state index in [0.717, 1.165) is 38.8 Å². The van der Waals surface area contributed by atoms with Crippen molar-refractivity contribution in [2.24, 2.45) is 0 Å². The monoisotopic (exact) mass is 348 g/mol. The van der Waals surface area contributed by atoms with E-state index in [-0.39, 0.29) is 0 Å². The van der Waals surface area contributed by atoms with Crippen LogP contribution in [0.4, 0.5) is 11.6 Å². The molecule has 5 aromatic rings. The zero-order valence-electron chi connectivity index (χ0n) is 13.0. The fraction of sp³-hybridized carbons (Fsp3) is 0. The predicted molar refractivity (Wildman–Crippen MR) is 100 cm³/mol. The van der Waals surface area contributed by atoms with Gasteiger partial charge in [0.2, 0.25) is 5.95 Å². The van der Waals surface area contributed by atoms with Crippen molar-refractivity contribution in [2.45, 2.75) is 0 Å². The van der Waals surface area contributed by atoms with Gasteiger partial charge in [-0.2, -0.15) is 0 Å². The number of H-pyrrole nitrogens is 2. The molecular weight excluding hydrogens is 336 g/mol. The number of hydrogen-bond donors (Lipinski definition) is 3. The number of nitrogens with zero attached hydrogens (tertiary/aromatic N) is 1. The molecule has 3 N–H and O–H groups in total. The maximum atomic E-state index is 6.33. The lowest BCUT2D eigenvalue weighted by molar-refractivity contribution is 0.568. The molecule has 0 aliphatic heterocycles. The van der Waals surface area contributed by atoms with Crippen LogP contribution in [0, 0.1) is 0 Å². The first-order chi connectivity index (χ1) is 12.3. The van der Waals surface area contributed by atoms with Crippen molar-refractivity contribution in [3.05, 3.63) is 66.2 Å². The minimum absolute atomic E-state index is 0.668. The second kappa shape index (κ2) is 5.43. The lowest BCUT2D eigenvalue weighted by atomic mass is 10.1. The Morgan fingerprint density at radius 1 is 1.00 bits per heavy atom. The number of aromatic nitrogens is 3. The molecule has 5 nitrogen and oxygen atoms in total. The molecular formula is C19H13ClN4O. The molecule has 0 radical (unpaired) electrons. The molecule has 3 heterocycles. The number of imidazole rings is 1. The fourth-order valence-corrected chi connectivity index (χ4v) is 3.29. The molecule has 5 rings (SSSR count). The van der Waals surface area contributed by atoms with Crippen LogP contribution in [0.25, 0.3) is 33.1 Å². The van der Waals surface area contributed by atoms with E-state index >= 15 is 0 Å². The Morgan fingerprint density at radius 3 is 2.84 bits per heavy atom. The molecule has 0 saturated carbocycles. The summed E-state index contributed by atoms with van der Waals surface area (Å²) in [5.41, 5.74) is 5.81. The summed E-state index contributed by atoms with van der Waals surface area (Å²) in [5.74, 6) is 0.668. The number of rotatable bonds is 3. The smallest absolute Gasteiger partial charge is 0.205 e. The lowest BCUT2D eigenvalue weighted by Gasteiger charge is -2.04. The summed E-state index contributed by atoms with van der Waals surface area (Å²) < 4.78 is 5.15. The van der Waals surface area contributed by atoms with E-state index in [1.165, 1.54) is 0 Å². The van der Waals surface area contributed by atoms with Gasteiger partial charge in [-0.25, -0.2) is 4.98 Å². The molecule has 25 heavy (non-hydrogen) atoms. The van der Waals surface area contributed by atoms with Crippen LogP contribution in [0.1, 0.15) is 0 Å². The molecule has 0 fully saturated rings. The summed E-state index contributed by atoms with van der Waals surface area (Å²) in [6.07, 6.45) is 5.27. The van der Waals surface area contributed by atoms with Crippen LogP contribution in [0.2, 0.25) is 5.02 Å². The summed E-state index contributed by atoms with van der Waals surface area (Å²) >= 11 is 6.33. The van der Waals surface area contributed by atoms with Crippen LogP contribution >= 0.6 is 11.6 Å². The third-order valence-corrected chi connectivity index (χ3v) is 4.53. The topological polar surface area (TPSA) is 69.6 Å². The molecule has 122 valence electrons. The number of furan rings is 1. The van der Waals surface area contributed by atoms with Crippen LogP contribution in [-0.2, 0) is 0 Å². The van der Waals surface area contributed by atoms with E-state index in [4.69, 9.17) is 16.0 Å². The van der Waals surface area contributed by atoms with E-state index < -0.39 is 0 Å². The standard InChI is InChI=1S/C19H13ClN4O/c20-15-8-13(9-17-14(15)3-5-21-17)22-19-23-16-2-1-11(7-18(16)24-19)12-4-6-25-10-12/h1-10,21H,(H2,22,23,24). The molecule has 6 heteroatoms. The fourth-order valence-electron chi connectivity index (χ4n) is 3.01. The van der Waals surface area contributed by atoms with Crippen LogP contribution in [-0.4, -0.2) is 15.0 Å². The highest BCUT2D eigenvalue weighted by Gasteiger charge is 2.08. The highest BCUT2D eigenvalue weighted by atomic mass is 35.5. The number of halogens is 1. The number of nitrogens with one attached hydrogen (secondary N) is 3. The number of hydrogen-bond acceptors (Lipinski definition) is 3. The first-order valence-electron chi connectivity index (χ1n) is 7.82. The first kappa shape index (κ1) is 14.2. The van der Waals surface area contributed by atoms with E-state index in [1.54, 1.807) is 12.5 Å². The normalized spacial score (nSPS) is 11.4. The van der Waals surface area contributed by atoms with Gasteiger partial charge in [-0.3, -0.25) is 0 Å². The zero-order chi connectivity index (χ0) is 16.8. The second-order valence-electron chi connectivity index (χ2n) is 5.85. The molecule has 3 aromatic heterocycles. The van der Waals surface area contributed by atoms with Crippen molar-refractivity contribution in [2.75, 3.05) is 5.32 Å². The second-order valence-corrected chi connectivity index (χ2v) is 6.26. The molecule has 2 aromatic carbocycles. The molecule has 0 atom stereocenters. The lowest BCUT2D eigenvalue weighted by Crippen LogP contribution is -1.92. The van der Waals surface area contributed by atoms with E-state index in [1.807, 2.05) is 42.6 Å². The average molecular weight is 349 g/mol. The van der Waals surface area contributed by atoms with Gasteiger partial charge in [-0.15, -0.1) is 0 Å². The van der Waals surface area contributed by atoms with Crippen LogP contribution in [0.5, 0.6) is 0 Å². The van der Waals surface area contributed by atoms with Gasteiger partial charge in [0, 0.05) is 28.4 Å². The van der Waals surface area contributed by atoms with Gasteiger partial charge in [0.15, 0.2) is 0 Å². The van der Waals surface area contributed by atoms with Gasteiger partial charge < -0.3 is 19.7 Å². The summed E-state index contributed by atoms with van der Waals surface area (Å²) in [6.45, 7) is 0. The first-order valence-corrected chi connectivity index (χ1v) is 8.20. The van der Waals surface area contributed by atoms with Crippen LogP contribution in [0.15, 0.2) is 65.6 Å². The van der Waals surface area contributed by atoms with E-state index in [0.29, 0.717) is 11.0 Å². The summed E-state index contributed by atoms with van der Waals surface area (Å²) in [4.78, 5) is 11.1. The minimum atomic E-state index is 0.668. The minimum Gasteiger partial charge on any atom is -0.472 e. The average Bonchev–Trinajstić information content (AvgIpc) is 3.34. The van der Waals surface area contributed by atoms with Gasteiger partial charge in [0.1, 0.15) is 0 Å². The third kappa shape index (κ3) is 2.45. The Balaban J connectivity index is 1.51. The van der Waals surface area contributed by atoms with Crippen LogP contribution < -0.4 is 5.32 Å². The summed E-state index contributed by atoms with van der Waals surface area (Å²) in [7, 11) is 0. The summed E-state index contributed by atoms with van der Waals surface area (Å²) in [6, 6.07) is 13.9. The SMILES string of the molecule is Clc1cc(Nc2nc3ccc(-c4ccoc4)cc3[nH]2)cc2[nH]ccc12. The summed E-state index contributed by atoms with van der Waals surface area (Å²) in [5, 5.41) is 4.98. The predicted octanol–water partition coefficient (Wildman–Crippen LogP) is 5.70. The molecule has 0 unspecified atom stereocenters. The van der Waals surface area contributed by atoms with E-state index in [9.17, 15) is 0 Å². The quantitative estimate of drug-likeness (QED) is 0.391. The van der Waals surface area contributed by atoms with Gasteiger partial charge >= 0.3 is 0 Å². The van der Waals surface area contributed by atoms with Crippen molar-refractivity contribution in [1.82, 2.24) is 15.0 Å².